The van der Waals surface area contributed by atoms with Crippen molar-refractivity contribution in [3.8, 4) is 11.4 Å². The number of nitrogens with zero attached hydrogens (tertiary/aromatic N) is 4. The van der Waals surface area contributed by atoms with E-state index in [-0.39, 0.29) is 6.04 Å². The van der Waals surface area contributed by atoms with Gasteiger partial charge in [0.25, 0.3) is 0 Å². The predicted molar refractivity (Wildman–Crippen MR) is 121 cm³/mol. The molecule has 1 aliphatic carbocycles. The van der Waals surface area contributed by atoms with Crippen LogP contribution in [0.1, 0.15) is 71.3 Å². The lowest BCUT2D eigenvalue weighted by Crippen LogP contribution is -2.23. The Morgan fingerprint density at radius 3 is 2.60 bits per heavy atom. The van der Waals surface area contributed by atoms with Gasteiger partial charge in [0.05, 0.1) is 18.5 Å². The minimum absolute atomic E-state index is 0.0454. The van der Waals surface area contributed by atoms with Gasteiger partial charge in [-0.2, -0.15) is 0 Å². The Morgan fingerprint density at radius 1 is 1.13 bits per heavy atom. The number of fused-ring (bicyclic) bond motifs is 1. The lowest BCUT2D eigenvalue weighted by Gasteiger charge is -2.24. The van der Waals surface area contributed by atoms with Gasteiger partial charge in [-0.05, 0) is 26.2 Å². The highest BCUT2D eigenvalue weighted by atomic mass is 16.3. The maximum Gasteiger partial charge on any atom is 0.166 e. The van der Waals surface area contributed by atoms with Crippen LogP contribution in [0.3, 0.4) is 0 Å². The Kier molecular flexibility index (Phi) is 6.62. The fourth-order valence-corrected chi connectivity index (χ4v) is 4.44. The van der Waals surface area contributed by atoms with Crippen LogP contribution in [-0.4, -0.2) is 36.8 Å². The van der Waals surface area contributed by atoms with Crippen LogP contribution in [-0.2, 0) is 0 Å². The average Bonchev–Trinajstić information content (AvgIpc) is 3.19. The van der Waals surface area contributed by atoms with Crippen molar-refractivity contribution in [1.82, 2.24) is 19.5 Å². The van der Waals surface area contributed by atoms with Gasteiger partial charge in [-0.15, -0.1) is 0 Å². The first-order valence-electron chi connectivity index (χ1n) is 11.4. The minimum atomic E-state index is -0.473. The first-order chi connectivity index (χ1) is 14.7. The molecule has 1 aromatic carbocycles. The molecule has 3 aromatic rings. The number of hydrogen-bond acceptors (Lipinski definition) is 5. The lowest BCUT2D eigenvalue weighted by atomic mass is 9.95. The van der Waals surface area contributed by atoms with E-state index in [9.17, 15) is 5.11 Å². The van der Waals surface area contributed by atoms with Gasteiger partial charge in [-0.25, -0.2) is 15.0 Å². The third-order valence-corrected chi connectivity index (χ3v) is 6.17. The quantitative estimate of drug-likeness (QED) is 0.526. The number of aliphatic hydroxyl groups excluding tert-OH is 1. The molecular formula is C24H33N5O. The van der Waals surface area contributed by atoms with E-state index in [1.165, 1.54) is 32.1 Å². The molecule has 1 saturated carbocycles. The number of anilines is 1. The van der Waals surface area contributed by atoms with E-state index in [1.807, 2.05) is 43.6 Å². The number of hydrogen-bond donors (Lipinski definition) is 2. The second-order valence-electron chi connectivity index (χ2n) is 8.52. The SMILES string of the molecule is CCCC[C@@H]([C@@H](C)O)n1cnc2c(NC3CCCCC3)nc(-c3ccccc3)nc21. The Bertz CT molecular complexity index is 947. The fourth-order valence-electron chi connectivity index (χ4n) is 4.44. The molecule has 0 saturated heterocycles. The summed E-state index contributed by atoms with van der Waals surface area (Å²) in [5.74, 6) is 1.51. The van der Waals surface area contributed by atoms with E-state index in [2.05, 4.69) is 16.8 Å². The molecule has 2 N–H and O–H groups in total. The van der Waals surface area contributed by atoms with Crippen LogP contribution in [0.5, 0.6) is 0 Å². The Morgan fingerprint density at radius 2 is 1.90 bits per heavy atom. The largest absolute Gasteiger partial charge is 0.391 e. The van der Waals surface area contributed by atoms with Gasteiger partial charge in [-0.1, -0.05) is 69.4 Å². The number of rotatable bonds is 8. The molecule has 1 aliphatic rings. The molecule has 6 heteroatoms. The number of benzene rings is 1. The first-order valence-corrected chi connectivity index (χ1v) is 11.4. The van der Waals surface area contributed by atoms with E-state index < -0.39 is 6.10 Å². The third kappa shape index (κ3) is 4.48. The standard InChI is InChI=1S/C24H33N5O/c1-3-4-15-20(17(2)30)29-16-25-21-23(26-19-13-9-6-10-14-19)27-22(28-24(21)29)18-11-7-5-8-12-18/h5,7-8,11-12,16-17,19-20,30H,3-4,6,9-10,13-15H2,1-2H3,(H,26,27,28)/t17-,20+/m1/s1. The summed E-state index contributed by atoms with van der Waals surface area (Å²) in [6, 6.07) is 10.5. The molecule has 2 atom stereocenters. The number of aromatic nitrogens is 4. The minimum Gasteiger partial charge on any atom is -0.391 e. The molecule has 0 aliphatic heterocycles. The van der Waals surface area contributed by atoms with E-state index in [4.69, 9.17) is 15.0 Å². The number of nitrogens with one attached hydrogen (secondary N) is 1. The maximum absolute atomic E-state index is 10.5. The predicted octanol–water partition coefficient (Wildman–Crippen LogP) is 5.35. The second kappa shape index (κ2) is 9.56. The summed E-state index contributed by atoms with van der Waals surface area (Å²) in [5, 5.41) is 14.1. The summed E-state index contributed by atoms with van der Waals surface area (Å²) in [7, 11) is 0. The Hall–Kier alpha value is -2.47. The van der Waals surface area contributed by atoms with Crippen molar-refractivity contribution < 1.29 is 5.11 Å². The topological polar surface area (TPSA) is 75.9 Å². The fraction of sp³-hybridized carbons (Fsp3) is 0.542. The van der Waals surface area contributed by atoms with Gasteiger partial charge in [0, 0.05) is 11.6 Å². The molecule has 4 rings (SSSR count). The number of aliphatic hydroxyl groups is 1. The molecule has 6 nitrogen and oxygen atoms in total. The Balaban J connectivity index is 1.80. The Labute approximate surface area is 178 Å². The maximum atomic E-state index is 10.5. The normalized spacial score (nSPS) is 17.2. The molecule has 2 aromatic heterocycles. The van der Waals surface area contributed by atoms with Gasteiger partial charge < -0.3 is 15.0 Å². The third-order valence-electron chi connectivity index (χ3n) is 6.17. The molecule has 30 heavy (non-hydrogen) atoms. The highest BCUT2D eigenvalue weighted by Gasteiger charge is 2.23. The highest BCUT2D eigenvalue weighted by Crippen LogP contribution is 2.30. The van der Waals surface area contributed by atoms with Crippen LogP contribution >= 0.6 is 0 Å². The summed E-state index contributed by atoms with van der Waals surface area (Å²) in [4.78, 5) is 14.5. The van der Waals surface area contributed by atoms with Crippen molar-refractivity contribution in [1.29, 1.82) is 0 Å². The summed E-state index contributed by atoms with van der Waals surface area (Å²) in [5.41, 5.74) is 2.58. The highest BCUT2D eigenvalue weighted by molar-refractivity contribution is 5.85. The van der Waals surface area contributed by atoms with Gasteiger partial charge >= 0.3 is 0 Å². The van der Waals surface area contributed by atoms with Crippen LogP contribution < -0.4 is 5.32 Å². The molecule has 0 spiro atoms. The average molecular weight is 408 g/mol. The second-order valence-corrected chi connectivity index (χ2v) is 8.52. The first kappa shape index (κ1) is 20.8. The van der Waals surface area contributed by atoms with Gasteiger partial charge in [0.1, 0.15) is 5.52 Å². The van der Waals surface area contributed by atoms with E-state index >= 15 is 0 Å². The zero-order valence-electron chi connectivity index (χ0n) is 18.1. The summed E-state index contributed by atoms with van der Waals surface area (Å²) >= 11 is 0. The smallest absolute Gasteiger partial charge is 0.166 e. The van der Waals surface area contributed by atoms with E-state index in [0.29, 0.717) is 11.9 Å². The van der Waals surface area contributed by atoms with Crippen LogP contribution in [0, 0.1) is 0 Å². The monoisotopic (exact) mass is 407 g/mol. The molecule has 2 heterocycles. The van der Waals surface area contributed by atoms with Crippen molar-refractivity contribution in [3.63, 3.8) is 0 Å². The van der Waals surface area contributed by atoms with Crippen LogP contribution in [0.15, 0.2) is 36.7 Å². The van der Waals surface area contributed by atoms with Crippen molar-refractivity contribution in [2.24, 2.45) is 0 Å². The van der Waals surface area contributed by atoms with Crippen LogP contribution in [0.2, 0.25) is 0 Å². The van der Waals surface area contributed by atoms with Crippen molar-refractivity contribution >= 4 is 17.0 Å². The van der Waals surface area contributed by atoms with Crippen LogP contribution in [0.25, 0.3) is 22.6 Å². The van der Waals surface area contributed by atoms with Crippen molar-refractivity contribution in [2.45, 2.75) is 83.4 Å². The number of imidazole rings is 1. The molecule has 0 bridgehead atoms. The van der Waals surface area contributed by atoms with Crippen LogP contribution in [0.4, 0.5) is 5.82 Å². The summed E-state index contributed by atoms with van der Waals surface area (Å²) in [6.45, 7) is 4.03. The summed E-state index contributed by atoms with van der Waals surface area (Å²) < 4.78 is 2.05. The zero-order chi connectivity index (χ0) is 20.9. The molecule has 0 amide bonds. The molecule has 1 fully saturated rings. The molecule has 160 valence electrons. The molecule has 0 unspecified atom stereocenters. The number of unbranched alkanes of at least 4 members (excludes halogenated alkanes) is 1. The molecule has 0 radical (unpaired) electrons. The zero-order valence-corrected chi connectivity index (χ0v) is 18.1. The van der Waals surface area contributed by atoms with E-state index in [1.54, 1.807) is 0 Å². The van der Waals surface area contributed by atoms with Gasteiger partial charge in [0.2, 0.25) is 0 Å². The van der Waals surface area contributed by atoms with Crippen molar-refractivity contribution in [3.05, 3.63) is 36.7 Å². The van der Waals surface area contributed by atoms with Gasteiger partial charge in [-0.3, -0.25) is 0 Å². The summed E-state index contributed by atoms with van der Waals surface area (Å²) in [6.07, 6.45) is 10.6. The lowest BCUT2D eigenvalue weighted by molar-refractivity contribution is 0.125. The van der Waals surface area contributed by atoms with E-state index in [0.717, 1.165) is 41.8 Å². The van der Waals surface area contributed by atoms with Gasteiger partial charge in [0.15, 0.2) is 17.3 Å². The molecular weight excluding hydrogens is 374 g/mol. The van der Waals surface area contributed by atoms with Crippen molar-refractivity contribution in [2.75, 3.05) is 5.32 Å².